The number of thioether (sulfide) groups is 1. The minimum Gasteiger partial charge on any atom is -0.381 e. The minimum atomic E-state index is 0.155. The number of nitrogens with zero attached hydrogens (tertiary/aromatic N) is 1. The molecule has 4 aliphatic heterocycles. The molecule has 6 heteroatoms. The largest absolute Gasteiger partial charge is 0.381 e. The predicted octanol–water partition coefficient (Wildman–Crippen LogP) is 2.86. The molecule has 5 nitrogen and oxygen atoms in total. The van der Waals surface area contributed by atoms with Gasteiger partial charge in [-0.2, -0.15) is 0 Å². The van der Waals surface area contributed by atoms with Gasteiger partial charge in [0, 0.05) is 44.2 Å². The minimum absolute atomic E-state index is 0.155. The molecule has 27 heavy (non-hydrogen) atoms. The first-order chi connectivity index (χ1) is 13.2. The van der Waals surface area contributed by atoms with Crippen molar-refractivity contribution in [3.05, 3.63) is 34.9 Å². The maximum atomic E-state index is 12.8. The van der Waals surface area contributed by atoms with Gasteiger partial charge in [0.05, 0.1) is 24.1 Å². The molecule has 0 aliphatic carbocycles. The van der Waals surface area contributed by atoms with E-state index in [1.807, 2.05) is 34.9 Å². The highest BCUT2D eigenvalue weighted by atomic mass is 32.2. The highest BCUT2D eigenvalue weighted by Gasteiger charge is 2.51. The van der Waals surface area contributed by atoms with Crippen LogP contribution in [0.4, 0.5) is 0 Å². The molecule has 1 spiro atoms. The number of amides is 1. The second-order valence-electron chi connectivity index (χ2n) is 8.35. The Bertz CT molecular complexity index is 712. The van der Waals surface area contributed by atoms with Crippen molar-refractivity contribution in [2.24, 2.45) is 5.92 Å². The number of likely N-dealkylation sites (tertiary alicyclic amines) is 1. The van der Waals surface area contributed by atoms with E-state index >= 15 is 0 Å². The van der Waals surface area contributed by atoms with Gasteiger partial charge in [0.25, 0.3) is 5.91 Å². The quantitative estimate of drug-likeness (QED) is 0.793. The van der Waals surface area contributed by atoms with Crippen LogP contribution in [0.25, 0.3) is 0 Å². The summed E-state index contributed by atoms with van der Waals surface area (Å²) in [6, 6.07) is 6.00. The molecule has 5 rings (SSSR count). The average Bonchev–Trinajstić information content (AvgIpc) is 3.32. The molecule has 1 aromatic carbocycles. The Morgan fingerprint density at radius 2 is 2.00 bits per heavy atom. The lowest BCUT2D eigenvalue weighted by atomic mass is 9.91. The lowest BCUT2D eigenvalue weighted by Crippen LogP contribution is -2.60. The number of hydrogen-bond donors (Lipinski definition) is 0. The van der Waals surface area contributed by atoms with Crippen molar-refractivity contribution < 1.29 is 19.0 Å². The Hall–Kier alpha value is -1.08. The third-order valence-corrected chi connectivity index (χ3v) is 7.87. The predicted molar refractivity (Wildman–Crippen MR) is 104 cm³/mol. The topological polar surface area (TPSA) is 48.0 Å². The summed E-state index contributed by atoms with van der Waals surface area (Å²) in [6.45, 7) is 5.62. The fraction of sp³-hybridized carbons (Fsp3) is 0.667. The molecule has 0 saturated carbocycles. The van der Waals surface area contributed by atoms with Gasteiger partial charge in [-0.15, -0.1) is 11.8 Å². The fourth-order valence-electron chi connectivity index (χ4n) is 4.60. The fourth-order valence-corrected chi connectivity index (χ4v) is 6.15. The van der Waals surface area contributed by atoms with Crippen LogP contribution in [0.2, 0.25) is 0 Å². The molecule has 1 amide bonds. The summed E-state index contributed by atoms with van der Waals surface area (Å²) in [7, 11) is 0. The van der Waals surface area contributed by atoms with Crippen molar-refractivity contribution in [3.63, 3.8) is 0 Å². The van der Waals surface area contributed by atoms with Gasteiger partial charge >= 0.3 is 0 Å². The van der Waals surface area contributed by atoms with Crippen molar-refractivity contribution >= 4 is 17.7 Å². The molecule has 0 radical (unpaired) electrons. The second-order valence-corrected chi connectivity index (χ2v) is 9.83. The van der Waals surface area contributed by atoms with E-state index in [2.05, 4.69) is 0 Å². The van der Waals surface area contributed by atoms with Crippen LogP contribution in [0.3, 0.4) is 0 Å². The van der Waals surface area contributed by atoms with Crippen LogP contribution < -0.4 is 0 Å². The Morgan fingerprint density at radius 3 is 2.85 bits per heavy atom. The zero-order valence-electron chi connectivity index (χ0n) is 15.7. The van der Waals surface area contributed by atoms with Crippen LogP contribution in [0.1, 0.15) is 40.7 Å². The Morgan fingerprint density at radius 1 is 1.19 bits per heavy atom. The summed E-state index contributed by atoms with van der Waals surface area (Å²) in [5, 5.41) is 0. The molecule has 4 aliphatic rings. The first-order valence-corrected chi connectivity index (χ1v) is 11.0. The Balaban J connectivity index is 1.12. The van der Waals surface area contributed by atoms with Gasteiger partial charge in [-0.1, -0.05) is 6.07 Å². The van der Waals surface area contributed by atoms with Gasteiger partial charge in [-0.25, -0.2) is 0 Å². The normalized spacial score (nSPS) is 27.0. The number of benzene rings is 1. The second kappa shape index (κ2) is 7.39. The summed E-state index contributed by atoms with van der Waals surface area (Å²) in [5.41, 5.74) is 3.17. The van der Waals surface area contributed by atoms with E-state index in [9.17, 15) is 4.79 Å². The van der Waals surface area contributed by atoms with E-state index in [1.54, 1.807) is 0 Å². The number of fused-ring (bicyclic) bond motifs is 1. The highest BCUT2D eigenvalue weighted by molar-refractivity contribution is 8.01. The first-order valence-electron chi connectivity index (χ1n) is 10.0. The number of carbonyl (C=O) groups excluding carboxylic acids is 1. The molecule has 1 atom stereocenters. The lowest BCUT2D eigenvalue weighted by molar-refractivity contribution is -0.0118. The van der Waals surface area contributed by atoms with Gasteiger partial charge in [0.2, 0.25) is 0 Å². The van der Waals surface area contributed by atoms with Crippen LogP contribution in [-0.4, -0.2) is 60.3 Å². The summed E-state index contributed by atoms with van der Waals surface area (Å²) in [6.07, 6.45) is 3.66. The van der Waals surface area contributed by atoms with E-state index in [0.29, 0.717) is 25.2 Å². The highest BCUT2D eigenvalue weighted by Crippen LogP contribution is 2.46. The smallest absolute Gasteiger partial charge is 0.253 e. The standard InChI is InChI=1S/C21H27NO4S/c23-20(16-1-2-17-10-25-11-18(17)7-16)22-13-21(14-22)8-19(12-27-21)26-9-15-3-5-24-6-4-15/h1-2,7,15,19H,3-6,8-14H2. The van der Waals surface area contributed by atoms with Gasteiger partial charge in [-0.3, -0.25) is 4.79 Å². The number of carbonyl (C=O) groups is 1. The summed E-state index contributed by atoms with van der Waals surface area (Å²) in [5.74, 6) is 1.87. The Kier molecular flexibility index (Phi) is 4.92. The van der Waals surface area contributed by atoms with E-state index in [0.717, 1.165) is 69.1 Å². The van der Waals surface area contributed by atoms with Crippen molar-refractivity contribution in [2.75, 3.05) is 38.7 Å². The molecule has 4 heterocycles. The van der Waals surface area contributed by atoms with Crippen molar-refractivity contribution in [3.8, 4) is 0 Å². The molecule has 3 saturated heterocycles. The number of rotatable bonds is 4. The van der Waals surface area contributed by atoms with Gasteiger partial charge in [0.15, 0.2) is 0 Å². The molecule has 0 N–H and O–H groups in total. The maximum Gasteiger partial charge on any atom is 0.253 e. The monoisotopic (exact) mass is 389 g/mol. The maximum absolute atomic E-state index is 12.8. The van der Waals surface area contributed by atoms with Gasteiger partial charge < -0.3 is 19.1 Å². The summed E-state index contributed by atoms with van der Waals surface area (Å²) in [4.78, 5) is 14.8. The van der Waals surface area contributed by atoms with E-state index in [4.69, 9.17) is 14.2 Å². The molecule has 0 bridgehead atoms. The van der Waals surface area contributed by atoms with E-state index < -0.39 is 0 Å². The third-order valence-electron chi connectivity index (χ3n) is 6.30. The number of hydrogen-bond acceptors (Lipinski definition) is 5. The molecule has 0 aromatic heterocycles. The van der Waals surface area contributed by atoms with Gasteiger partial charge in [-0.05, 0) is 48.4 Å². The molecule has 1 unspecified atom stereocenters. The van der Waals surface area contributed by atoms with Crippen LogP contribution in [0.5, 0.6) is 0 Å². The van der Waals surface area contributed by atoms with Crippen LogP contribution in [0.15, 0.2) is 18.2 Å². The Labute approximate surface area is 164 Å². The zero-order chi connectivity index (χ0) is 18.3. The third kappa shape index (κ3) is 3.65. The number of ether oxygens (including phenoxy) is 3. The van der Waals surface area contributed by atoms with Gasteiger partial charge in [0.1, 0.15) is 0 Å². The van der Waals surface area contributed by atoms with Crippen LogP contribution in [-0.2, 0) is 27.4 Å². The molecular formula is C21H27NO4S. The average molecular weight is 390 g/mol. The zero-order valence-corrected chi connectivity index (χ0v) is 16.5. The van der Waals surface area contributed by atoms with Crippen molar-refractivity contribution in [1.82, 2.24) is 4.90 Å². The van der Waals surface area contributed by atoms with Crippen molar-refractivity contribution in [1.29, 1.82) is 0 Å². The SMILES string of the molecule is O=C(c1ccc2c(c1)COC2)N1CC2(CC(OCC3CCOCC3)CS2)C1. The van der Waals surface area contributed by atoms with Crippen molar-refractivity contribution in [2.45, 2.75) is 43.3 Å². The van der Waals surface area contributed by atoms with E-state index in [-0.39, 0.29) is 10.7 Å². The molecular weight excluding hydrogens is 362 g/mol. The van der Waals surface area contributed by atoms with Crippen LogP contribution >= 0.6 is 11.8 Å². The summed E-state index contributed by atoms with van der Waals surface area (Å²) >= 11 is 2.00. The lowest BCUT2D eigenvalue weighted by Gasteiger charge is -2.47. The summed E-state index contributed by atoms with van der Waals surface area (Å²) < 4.78 is 17.3. The first kappa shape index (κ1) is 18.0. The van der Waals surface area contributed by atoms with E-state index in [1.165, 1.54) is 5.56 Å². The molecule has 146 valence electrons. The molecule has 3 fully saturated rings. The van der Waals surface area contributed by atoms with Crippen LogP contribution in [0, 0.1) is 5.92 Å². The molecule has 1 aromatic rings.